The summed E-state index contributed by atoms with van der Waals surface area (Å²) in [4.78, 5) is 31.4. The number of urea groups is 1. The monoisotopic (exact) mass is 146 g/mol. The molecule has 1 heterocycles. The second-order valence-electron chi connectivity index (χ2n) is 1.73. The maximum atomic E-state index is 12.1. The van der Waals surface area contributed by atoms with Crippen molar-refractivity contribution in [2.75, 3.05) is 7.05 Å². The fraction of sp³-hybridized carbons (Fsp3) is 0.250. The maximum absolute atomic E-state index is 12.1. The van der Waals surface area contributed by atoms with E-state index in [4.69, 9.17) is 0 Å². The van der Waals surface area contributed by atoms with E-state index in [2.05, 4.69) is 0 Å². The van der Waals surface area contributed by atoms with E-state index in [1.807, 2.05) is 0 Å². The molecular weight excluding hydrogens is 143 g/mol. The molecule has 0 atom stereocenters. The molecule has 0 bridgehead atoms. The predicted octanol–water partition coefficient (Wildman–Crippen LogP) is -0.709. The summed E-state index contributed by atoms with van der Waals surface area (Å²) < 4.78 is 12.1. The summed E-state index contributed by atoms with van der Waals surface area (Å²) in [5.74, 6) is -2.58. The van der Waals surface area contributed by atoms with Gasteiger partial charge in [0.05, 0.1) is 0 Å². The first-order chi connectivity index (χ1) is 4.55. The lowest BCUT2D eigenvalue weighted by Gasteiger charge is -1.99. The number of nitrogens with zero attached hydrogens (tertiary/aromatic N) is 2. The highest BCUT2D eigenvalue weighted by atomic mass is 19.2. The summed E-state index contributed by atoms with van der Waals surface area (Å²) in [5, 5.41) is -0.720. The quantitative estimate of drug-likeness (QED) is 0.258. The van der Waals surface area contributed by atoms with Crippen LogP contribution in [0.15, 0.2) is 0 Å². The highest BCUT2D eigenvalue weighted by Gasteiger charge is 2.43. The highest BCUT2D eigenvalue weighted by molar-refractivity contribution is 6.44. The van der Waals surface area contributed by atoms with E-state index >= 15 is 0 Å². The molecule has 54 valence electrons. The van der Waals surface area contributed by atoms with Gasteiger partial charge in [0.1, 0.15) is 0 Å². The summed E-state index contributed by atoms with van der Waals surface area (Å²) in [6, 6.07) is -1.24. The van der Waals surface area contributed by atoms with Crippen molar-refractivity contribution in [1.29, 1.82) is 0 Å². The van der Waals surface area contributed by atoms with E-state index in [1.165, 1.54) is 0 Å². The summed E-state index contributed by atoms with van der Waals surface area (Å²) in [5.41, 5.74) is 0. The van der Waals surface area contributed by atoms with Crippen LogP contribution in [-0.4, -0.2) is 34.9 Å². The summed E-state index contributed by atoms with van der Waals surface area (Å²) in [7, 11) is 1.03. The Morgan fingerprint density at radius 3 is 1.80 bits per heavy atom. The molecule has 0 radical (unpaired) electrons. The average molecular weight is 146 g/mol. The lowest BCUT2D eigenvalue weighted by Crippen LogP contribution is -2.25. The Morgan fingerprint density at radius 1 is 1.20 bits per heavy atom. The van der Waals surface area contributed by atoms with E-state index < -0.39 is 23.0 Å². The third-order valence-corrected chi connectivity index (χ3v) is 1.12. The van der Waals surface area contributed by atoms with Crippen molar-refractivity contribution in [1.82, 2.24) is 10.0 Å². The summed E-state index contributed by atoms with van der Waals surface area (Å²) >= 11 is 0. The molecule has 1 aliphatic heterocycles. The van der Waals surface area contributed by atoms with Crippen LogP contribution in [0.2, 0.25) is 0 Å². The molecule has 4 amide bonds. The second-order valence-corrected chi connectivity index (χ2v) is 1.73. The normalized spacial score (nSPS) is 19.2. The molecule has 0 aromatic carbocycles. The Labute approximate surface area is 54.9 Å². The minimum absolute atomic E-state index is 0.405. The lowest BCUT2D eigenvalue weighted by molar-refractivity contribution is -0.148. The second kappa shape index (κ2) is 1.76. The molecule has 5 nitrogen and oxygen atoms in total. The van der Waals surface area contributed by atoms with Crippen LogP contribution in [0.25, 0.3) is 0 Å². The minimum Gasteiger partial charge on any atom is -0.263 e. The predicted molar refractivity (Wildman–Crippen MR) is 26.1 cm³/mol. The van der Waals surface area contributed by atoms with Gasteiger partial charge >= 0.3 is 17.8 Å². The number of carbonyl (C=O) groups excluding carboxylic acids is 3. The molecule has 1 saturated heterocycles. The Hall–Kier alpha value is -1.46. The number of halogens is 1. The van der Waals surface area contributed by atoms with Crippen LogP contribution in [0, 0.1) is 0 Å². The van der Waals surface area contributed by atoms with E-state index in [0.717, 1.165) is 7.05 Å². The fourth-order valence-electron chi connectivity index (χ4n) is 0.533. The van der Waals surface area contributed by atoms with Crippen molar-refractivity contribution in [3.8, 4) is 0 Å². The zero-order valence-electron chi connectivity index (χ0n) is 5.00. The van der Waals surface area contributed by atoms with Gasteiger partial charge in [-0.3, -0.25) is 14.5 Å². The summed E-state index contributed by atoms with van der Waals surface area (Å²) in [6.07, 6.45) is 0. The van der Waals surface area contributed by atoms with Crippen LogP contribution in [0.5, 0.6) is 0 Å². The highest BCUT2D eigenvalue weighted by Crippen LogP contribution is 2.08. The molecule has 1 rings (SSSR count). The molecule has 6 heteroatoms. The van der Waals surface area contributed by atoms with Crippen molar-refractivity contribution in [3.05, 3.63) is 0 Å². The summed E-state index contributed by atoms with van der Waals surface area (Å²) in [6.45, 7) is 0. The van der Waals surface area contributed by atoms with Gasteiger partial charge in [-0.25, -0.2) is 4.79 Å². The van der Waals surface area contributed by atoms with E-state index in [0.29, 0.717) is 4.90 Å². The zero-order chi connectivity index (χ0) is 7.89. The van der Waals surface area contributed by atoms with Crippen LogP contribution < -0.4 is 0 Å². The van der Waals surface area contributed by atoms with Crippen LogP contribution in [0.4, 0.5) is 9.28 Å². The van der Waals surface area contributed by atoms with Crippen molar-refractivity contribution >= 4 is 17.8 Å². The van der Waals surface area contributed by atoms with E-state index in [1.54, 1.807) is 0 Å². The Morgan fingerprint density at radius 2 is 1.70 bits per heavy atom. The van der Waals surface area contributed by atoms with Crippen LogP contribution in [0.1, 0.15) is 0 Å². The molecule has 0 N–H and O–H groups in total. The largest absolute Gasteiger partial charge is 0.362 e. The fourth-order valence-corrected chi connectivity index (χ4v) is 0.533. The van der Waals surface area contributed by atoms with Crippen LogP contribution >= 0.6 is 0 Å². The van der Waals surface area contributed by atoms with Gasteiger partial charge in [0.25, 0.3) is 0 Å². The number of likely N-dealkylation sites (N-methyl/N-ethyl adjacent to an activating group) is 1. The van der Waals surface area contributed by atoms with Gasteiger partial charge in [0.15, 0.2) is 0 Å². The number of hydrogen-bond donors (Lipinski definition) is 0. The van der Waals surface area contributed by atoms with Crippen molar-refractivity contribution in [3.63, 3.8) is 0 Å². The Bertz CT molecular complexity index is 205. The molecule has 0 spiro atoms. The van der Waals surface area contributed by atoms with Gasteiger partial charge in [0, 0.05) is 7.05 Å². The first-order valence-corrected chi connectivity index (χ1v) is 2.37. The van der Waals surface area contributed by atoms with Gasteiger partial charge < -0.3 is 0 Å². The molecule has 0 aromatic rings. The van der Waals surface area contributed by atoms with Gasteiger partial charge in [0.2, 0.25) is 0 Å². The van der Waals surface area contributed by atoms with Crippen LogP contribution in [-0.2, 0) is 9.59 Å². The Balaban J connectivity index is 3.00. The topological polar surface area (TPSA) is 57.7 Å². The third kappa shape index (κ3) is 0.584. The minimum atomic E-state index is -1.44. The van der Waals surface area contributed by atoms with Crippen molar-refractivity contribution in [2.45, 2.75) is 0 Å². The van der Waals surface area contributed by atoms with Crippen LogP contribution in [0.3, 0.4) is 0 Å². The first-order valence-electron chi connectivity index (χ1n) is 2.37. The molecular formula is C4H3FN2O3. The zero-order valence-corrected chi connectivity index (χ0v) is 5.00. The number of hydrogen-bond acceptors (Lipinski definition) is 3. The molecule has 0 aromatic heterocycles. The average Bonchev–Trinajstić information content (AvgIpc) is 2.07. The van der Waals surface area contributed by atoms with Gasteiger partial charge in [-0.15, -0.1) is 0 Å². The lowest BCUT2D eigenvalue weighted by atomic mass is 10.6. The number of amides is 4. The molecule has 1 aliphatic rings. The Kier molecular flexibility index (Phi) is 1.17. The maximum Gasteiger partial charge on any atom is 0.362 e. The molecule has 0 saturated carbocycles. The number of carbonyl (C=O) groups is 3. The van der Waals surface area contributed by atoms with E-state index in [9.17, 15) is 18.9 Å². The molecule has 0 unspecified atom stereocenters. The van der Waals surface area contributed by atoms with E-state index in [-0.39, 0.29) is 0 Å². The van der Waals surface area contributed by atoms with Crippen molar-refractivity contribution in [2.24, 2.45) is 0 Å². The van der Waals surface area contributed by atoms with Gasteiger partial charge in [-0.1, -0.05) is 9.60 Å². The van der Waals surface area contributed by atoms with Crippen molar-refractivity contribution < 1.29 is 18.9 Å². The molecule has 0 aliphatic carbocycles. The number of rotatable bonds is 0. The van der Waals surface area contributed by atoms with Gasteiger partial charge in [-0.2, -0.15) is 0 Å². The molecule has 10 heavy (non-hydrogen) atoms. The standard InChI is InChI=1S/C4H3FN2O3/c1-6-2(8)3(9)7(5)4(6)10/h1H3. The first kappa shape index (κ1) is 6.66. The third-order valence-electron chi connectivity index (χ3n) is 1.12. The number of imide groups is 2. The van der Waals surface area contributed by atoms with Gasteiger partial charge in [-0.05, 0) is 0 Å². The SMILES string of the molecule is CN1C(=O)C(=O)N(F)C1=O. The molecule has 1 fully saturated rings. The smallest absolute Gasteiger partial charge is 0.263 e.